The smallest absolute Gasteiger partial charge is 0.136 e. The van der Waals surface area contributed by atoms with Crippen LogP contribution in [0.4, 0.5) is 5.69 Å². The van der Waals surface area contributed by atoms with Crippen molar-refractivity contribution in [3.63, 3.8) is 0 Å². The van der Waals surface area contributed by atoms with Crippen LogP contribution in [0.25, 0.3) is 16.8 Å². The number of hydrogen-bond acceptors (Lipinski definition) is 4. The first-order valence-electron chi connectivity index (χ1n) is 7.00. The van der Waals surface area contributed by atoms with Crippen molar-refractivity contribution >= 4 is 45.8 Å². The average Bonchev–Trinajstić information content (AvgIpc) is 3.09. The molecular weight excluding hydrogens is 361 g/mol. The summed E-state index contributed by atoms with van der Waals surface area (Å²) in [5.41, 5.74) is 2.93. The normalized spacial score (nSPS) is 11.1. The Morgan fingerprint density at radius 1 is 1.17 bits per heavy atom. The molecule has 0 atom stereocenters. The second-order valence-corrected chi connectivity index (χ2v) is 6.54. The van der Waals surface area contributed by atoms with Gasteiger partial charge in [0, 0.05) is 22.2 Å². The number of thiazole rings is 1. The standard InChI is InChI=1S/C18H11Cl2N3S/c19-14-6-7-15(20)16(8-14)22-10-13(9-21)18-23-17(11-24-18)12-4-2-1-3-5-12/h1-8,10-11,22H/b13-10+. The van der Waals surface area contributed by atoms with Gasteiger partial charge >= 0.3 is 0 Å². The third kappa shape index (κ3) is 3.77. The van der Waals surface area contributed by atoms with E-state index in [9.17, 15) is 5.26 Å². The first-order chi connectivity index (χ1) is 11.7. The maximum Gasteiger partial charge on any atom is 0.136 e. The highest BCUT2D eigenvalue weighted by molar-refractivity contribution is 7.11. The van der Waals surface area contributed by atoms with Crippen LogP contribution in [0.1, 0.15) is 5.01 Å². The van der Waals surface area contributed by atoms with E-state index < -0.39 is 0 Å². The zero-order chi connectivity index (χ0) is 16.9. The summed E-state index contributed by atoms with van der Waals surface area (Å²) in [7, 11) is 0. The van der Waals surface area contributed by atoms with Crippen LogP contribution in [-0.4, -0.2) is 4.98 Å². The molecule has 1 aromatic heterocycles. The van der Waals surface area contributed by atoms with Gasteiger partial charge in [0.25, 0.3) is 0 Å². The van der Waals surface area contributed by atoms with Gasteiger partial charge in [-0.25, -0.2) is 4.98 Å². The van der Waals surface area contributed by atoms with Gasteiger partial charge in [-0.2, -0.15) is 5.26 Å². The molecule has 3 nitrogen and oxygen atoms in total. The summed E-state index contributed by atoms with van der Waals surface area (Å²) in [5.74, 6) is 0. The summed E-state index contributed by atoms with van der Waals surface area (Å²) >= 11 is 13.5. The van der Waals surface area contributed by atoms with Gasteiger partial charge in [0.1, 0.15) is 16.6 Å². The minimum atomic E-state index is 0.429. The SMILES string of the molecule is N#C/C(=C\Nc1cc(Cl)ccc1Cl)c1nc(-c2ccccc2)cs1. The van der Waals surface area contributed by atoms with Crippen LogP contribution in [-0.2, 0) is 0 Å². The summed E-state index contributed by atoms with van der Waals surface area (Å²) in [4.78, 5) is 4.53. The highest BCUT2D eigenvalue weighted by Gasteiger charge is 2.09. The summed E-state index contributed by atoms with van der Waals surface area (Å²) in [5, 5.41) is 16.1. The molecular formula is C18H11Cl2N3S. The minimum Gasteiger partial charge on any atom is -0.359 e. The number of rotatable bonds is 4. The molecule has 0 aliphatic heterocycles. The van der Waals surface area contributed by atoms with Gasteiger partial charge < -0.3 is 5.32 Å². The Morgan fingerprint density at radius 2 is 1.96 bits per heavy atom. The monoisotopic (exact) mass is 371 g/mol. The van der Waals surface area contributed by atoms with E-state index in [1.165, 1.54) is 11.3 Å². The lowest BCUT2D eigenvalue weighted by atomic mass is 10.2. The third-order valence-electron chi connectivity index (χ3n) is 3.23. The molecule has 0 unspecified atom stereocenters. The van der Waals surface area contributed by atoms with E-state index in [4.69, 9.17) is 23.2 Å². The van der Waals surface area contributed by atoms with Gasteiger partial charge in [0.15, 0.2) is 0 Å². The maximum absolute atomic E-state index is 9.41. The fraction of sp³-hybridized carbons (Fsp3) is 0. The quantitative estimate of drug-likeness (QED) is 0.564. The highest BCUT2D eigenvalue weighted by Crippen LogP contribution is 2.28. The predicted molar refractivity (Wildman–Crippen MR) is 101 cm³/mol. The molecule has 3 rings (SSSR count). The molecule has 0 aliphatic rings. The Morgan fingerprint density at radius 3 is 2.71 bits per heavy atom. The van der Waals surface area contributed by atoms with Crippen LogP contribution in [0.3, 0.4) is 0 Å². The summed E-state index contributed by atoms with van der Waals surface area (Å²) in [6.45, 7) is 0. The molecule has 1 heterocycles. The van der Waals surface area contributed by atoms with Crippen molar-refractivity contribution in [2.75, 3.05) is 5.32 Å². The van der Waals surface area contributed by atoms with Crippen LogP contribution in [0.15, 0.2) is 60.1 Å². The zero-order valence-electron chi connectivity index (χ0n) is 12.3. The minimum absolute atomic E-state index is 0.429. The van der Waals surface area contributed by atoms with Crippen molar-refractivity contribution in [3.05, 3.63) is 75.2 Å². The highest BCUT2D eigenvalue weighted by atomic mass is 35.5. The Kier molecular flexibility index (Phi) is 5.17. The fourth-order valence-electron chi connectivity index (χ4n) is 2.04. The van der Waals surface area contributed by atoms with E-state index in [-0.39, 0.29) is 0 Å². The topological polar surface area (TPSA) is 48.7 Å². The van der Waals surface area contributed by atoms with Crippen molar-refractivity contribution in [3.8, 4) is 17.3 Å². The number of hydrogen-bond donors (Lipinski definition) is 1. The maximum atomic E-state index is 9.41. The molecule has 0 aliphatic carbocycles. The second kappa shape index (κ2) is 7.50. The number of nitrogens with one attached hydrogen (secondary N) is 1. The molecule has 24 heavy (non-hydrogen) atoms. The summed E-state index contributed by atoms with van der Waals surface area (Å²) < 4.78 is 0. The molecule has 3 aromatic rings. The lowest BCUT2D eigenvalue weighted by Crippen LogP contribution is -1.92. The van der Waals surface area contributed by atoms with Crippen LogP contribution in [0.5, 0.6) is 0 Å². The first-order valence-corrected chi connectivity index (χ1v) is 8.64. The fourth-order valence-corrected chi connectivity index (χ4v) is 3.18. The van der Waals surface area contributed by atoms with Crippen molar-refractivity contribution in [2.24, 2.45) is 0 Å². The van der Waals surface area contributed by atoms with E-state index >= 15 is 0 Å². The van der Waals surface area contributed by atoms with Gasteiger partial charge in [-0.3, -0.25) is 0 Å². The van der Waals surface area contributed by atoms with Crippen molar-refractivity contribution in [2.45, 2.75) is 0 Å². The second-order valence-electron chi connectivity index (χ2n) is 4.84. The van der Waals surface area contributed by atoms with Crippen molar-refractivity contribution in [1.29, 1.82) is 5.26 Å². The van der Waals surface area contributed by atoms with Gasteiger partial charge in [0.05, 0.1) is 16.4 Å². The third-order valence-corrected chi connectivity index (χ3v) is 4.67. The lowest BCUT2D eigenvalue weighted by molar-refractivity contribution is 1.36. The zero-order valence-corrected chi connectivity index (χ0v) is 14.7. The van der Waals surface area contributed by atoms with E-state index in [1.807, 2.05) is 35.7 Å². The summed E-state index contributed by atoms with van der Waals surface area (Å²) in [6, 6.07) is 17.1. The molecule has 2 aromatic carbocycles. The molecule has 0 spiro atoms. The number of aromatic nitrogens is 1. The molecule has 118 valence electrons. The molecule has 0 saturated carbocycles. The van der Waals surface area contributed by atoms with Crippen LogP contribution >= 0.6 is 34.5 Å². The van der Waals surface area contributed by atoms with Crippen LogP contribution in [0, 0.1) is 11.3 Å². The molecule has 0 fully saturated rings. The van der Waals surface area contributed by atoms with Crippen LogP contribution < -0.4 is 5.32 Å². The van der Waals surface area contributed by atoms with Gasteiger partial charge in [-0.05, 0) is 18.2 Å². The molecule has 0 bridgehead atoms. The first kappa shape index (κ1) is 16.5. The van der Waals surface area contributed by atoms with E-state index in [1.54, 1.807) is 24.4 Å². The van der Waals surface area contributed by atoms with Gasteiger partial charge in [-0.1, -0.05) is 53.5 Å². The van der Waals surface area contributed by atoms with Crippen molar-refractivity contribution in [1.82, 2.24) is 4.98 Å². The Balaban J connectivity index is 1.86. The number of nitrogens with zero attached hydrogens (tertiary/aromatic N) is 2. The summed E-state index contributed by atoms with van der Waals surface area (Å²) in [6.07, 6.45) is 1.59. The Bertz CT molecular complexity index is 927. The molecule has 0 saturated heterocycles. The molecule has 0 radical (unpaired) electrons. The van der Waals surface area contributed by atoms with Gasteiger partial charge in [0.2, 0.25) is 0 Å². The number of nitriles is 1. The van der Waals surface area contributed by atoms with E-state index in [0.717, 1.165) is 11.3 Å². The van der Waals surface area contributed by atoms with Crippen LogP contribution in [0.2, 0.25) is 10.0 Å². The van der Waals surface area contributed by atoms with E-state index in [0.29, 0.717) is 26.3 Å². The van der Waals surface area contributed by atoms with Crippen molar-refractivity contribution < 1.29 is 0 Å². The predicted octanol–water partition coefficient (Wildman–Crippen LogP) is 6.09. The largest absolute Gasteiger partial charge is 0.359 e. The number of anilines is 1. The number of benzene rings is 2. The molecule has 1 N–H and O–H groups in total. The number of allylic oxidation sites excluding steroid dienone is 1. The Labute approximate surface area is 153 Å². The molecule has 6 heteroatoms. The van der Waals surface area contributed by atoms with Gasteiger partial charge in [-0.15, -0.1) is 11.3 Å². The van der Waals surface area contributed by atoms with E-state index in [2.05, 4.69) is 16.4 Å². The Hall–Kier alpha value is -2.32. The average molecular weight is 372 g/mol. The number of halogens is 2. The lowest BCUT2D eigenvalue weighted by Gasteiger charge is -2.04. The molecule has 0 amide bonds.